The summed E-state index contributed by atoms with van der Waals surface area (Å²) in [4.78, 5) is 25.7. The second-order valence-corrected chi connectivity index (χ2v) is 10.2. The number of hydrogen-bond donors (Lipinski definition) is 0. The Morgan fingerprint density at radius 3 is 1.89 bits per heavy atom. The molecule has 0 saturated heterocycles. The maximum absolute atomic E-state index is 13.5. The number of carbonyl (C=O) groups excluding carboxylic acids is 2. The van der Waals surface area contributed by atoms with Crippen LogP contribution in [0.25, 0.3) is 0 Å². The van der Waals surface area contributed by atoms with Crippen molar-refractivity contribution in [2.45, 2.75) is 52.8 Å². The van der Waals surface area contributed by atoms with E-state index >= 15 is 0 Å². The second kappa shape index (κ2) is 15.4. The summed E-state index contributed by atoms with van der Waals surface area (Å²) in [6, 6.07) is 17.2. The minimum absolute atomic E-state index is 0.0850. The summed E-state index contributed by atoms with van der Waals surface area (Å²) in [5.74, 6) is -1.28. The Morgan fingerprint density at radius 1 is 0.750 bits per heavy atom. The molecule has 9 heteroatoms. The number of ether oxygens (including phenoxy) is 3. The topological polar surface area (TPSA) is 97.4 Å². The van der Waals surface area contributed by atoms with Crippen LogP contribution in [0.15, 0.2) is 54.6 Å². The summed E-state index contributed by atoms with van der Waals surface area (Å²) in [6.45, 7) is 7.59. The Balaban J connectivity index is 2.21. The molecule has 0 spiro atoms. The van der Waals surface area contributed by atoms with Crippen LogP contribution in [0.4, 0.5) is 0 Å². The fraction of sp³-hybridized carbons (Fsp3) is 0.481. The molecule has 0 radical (unpaired) electrons. The second-order valence-electron chi connectivity index (χ2n) is 7.95. The van der Waals surface area contributed by atoms with Gasteiger partial charge in [-0.3, -0.25) is 14.2 Å². The van der Waals surface area contributed by atoms with Crippen molar-refractivity contribution >= 4 is 19.5 Å². The van der Waals surface area contributed by atoms with Gasteiger partial charge in [-0.25, -0.2) is 0 Å². The van der Waals surface area contributed by atoms with Crippen molar-refractivity contribution in [3.05, 3.63) is 65.7 Å². The van der Waals surface area contributed by atoms with Crippen molar-refractivity contribution in [2.75, 3.05) is 26.4 Å². The highest BCUT2D eigenvalue weighted by Crippen LogP contribution is 2.55. The SMILES string of the molecule is CCOC(=O)C(Cc1ccc(OCc2ccccc2)cc1)CC(C(=O)OCC)P(=O)(OCC)OCC. The summed E-state index contributed by atoms with van der Waals surface area (Å²) in [7, 11) is -3.88. The first-order chi connectivity index (χ1) is 17.4. The maximum Gasteiger partial charge on any atom is 0.344 e. The molecule has 2 atom stereocenters. The lowest BCUT2D eigenvalue weighted by atomic mass is 9.94. The molecule has 0 heterocycles. The maximum atomic E-state index is 13.5. The Morgan fingerprint density at radius 2 is 1.33 bits per heavy atom. The summed E-state index contributed by atoms with van der Waals surface area (Å²) in [5, 5.41) is 0. The molecule has 198 valence electrons. The van der Waals surface area contributed by atoms with Crippen molar-refractivity contribution in [1.29, 1.82) is 0 Å². The van der Waals surface area contributed by atoms with E-state index in [0.717, 1.165) is 11.1 Å². The van der Waals surface area contributed by atoms with Crippen LogP contribution in [-0.2, 0) is 45.7 Å². The van der Waals surface area contributed by atoms with Gasteiger partial charge in [0.2, 0.25) is 0 Å². The Hall–Kier alpha value is -2.67. The van der Waals surface area contributed by atoms with Crippen molar-refractivity contribution in [3.8, 4) is 5.75 Å². The average molecular weight is 521 g/mol. The molecule has 0 aromatic heterocycles. The molecule has 0 aliphatic carbocycles. The summed E-state index contributed by atoms with van der Waals surface area (Å²) < 4.78 is 40.7. The molecule has 0 aliphatic rings. The normalized spacial score (nSPS) is 13.0. The van der Waals surface area contributed by atoms with E-state index in [0.29, 0.717) is 12.4 Å². The number of esters is 2. The van der Waals surface area contributed by atoms with Crippen LogP contribution in [0.3, 0.4) is 0 Å². The van der Waals surface area contributed by atoms with Crippen LogP contribution in [0, 0.1) is 5.92 Å². The van der Waals surface area contributed by atoms with E-state index in [1.807, 2.05) is 54.6 Å². The van der Waals surface area contributed by atoms with Crippen LogP contribution in [0.5, 0.6) is 5.75 Å². The standard InChI is InChI=1S/C27H37O8P/c1-5-31-26(28)23(19-25(27(29)32-6-2)36(30,34-7-3)35-8-4)18-21-14-16-24(17-15-21)33-20-22-12-10-9-11-13-22/h9-17,23,25H,5-8,18-20H2,1-4H3. The third-order valence-corrected chi connectivity index (χ3v) is 7.76. The lowest BCUT2D eigenvalue weighted by Gasteiger charge is -2.27. The van der Waals surface area contributed by atoms with Gasteiger partial charge in [-0.1, -0.05) is 42.5 Å². The fourth-order valence-electron chi connectivity index (χ4n) is 3.71. The molecule has 0 aliphatic heterocycles. The molecule has 2 aromatic rings. The summed E-state index contributed by atoms with van der Waals surface area (Å²) >= 11 is 0. The molecule has 0 N–H and O–H groups in total. The van der Waals surface area contributed by atoms with Gasteiger partial charge in [0.15, 0.2) is 5.66 Å². The first-order valence-electron chi connectivity index (χ1n) is 12.3. The molecular formula is C27H37O8P. The Bertz CT molecular complexity index is 967. The summed E-state index contributed by atoms with van der Waals surface area (Å²) in [5.41, 5.74) is 0.646. The van der Waals surface area contributed by atoms with Gasteiger partial charge in [0.05, 0.1) is 32.3 Å². The molecule has 36 heavy (non-hydrogen) atoms. The third kappa shape index (κ3) is 9.08. The Labute approximate surface area is 213 Å². The predicted octanol–water partition coefficient (Wildman–Crippen LogP) is 5.58. The zero-order valence-corrected chi connectivity index (χ0v) is 22.4. The van der Waals surface area contributed by atoms with Crippen molar-refractivity contribution in [3.63, 3.8) is 0 Å². The largest absolute Gasteiger partial charge is 0.489 e. The van der Waals surface area contributed by atoms with E-state index in [-0.39, 0.29) is 39.3 Å². The highest BCUT2D eigenvalue weighted by Gasteiger charge is 2.45. The highest BCUT2D eigenvalue weighted by atomic mass is 31.2. The first-order valence-corrected chi connectivity index (χ1v) is 14.0. The van der Waals surface area contributed by atoms with Crippen LogP contribution in [0.2, 0.25) is 0 Å². The van der Waals surface area contributed by atoms with Crippen molar-refractivity contribution in [2.24, 2.45) is 5.92 Å². The monoisotopic (exact) mass is 520 g/mol. The fourth-order valence-corrected chi connectivity index (χ4v) is 5.71. The zero-order chi connectivity index (χ0) is 26.4. The smallest absolute Gasteiger partial charge is 0.344 e. The van der Waals surface area contributed by atoms with E-state index in [1.54, 1.807) is 27.7 Å². The third-order valence-electron chi connectivity index (χ3n) is 5.34. The molecule has 2 rings (SSSR count). The number of carbonyl (C=O) groups is 2. The molecule has 8 nitrogen and oxygen atoms in total. The lowest BCUT2D eigenvalue weighted by molar-refractivity contribution is -0.149. The predicted molar refractivity (Wildman–Crippen MR) is 137 cm³/mol. The van der Waals surface area contributed by atoms with Crippen molar-refractivity contribution in [1.82, 2.24) is 0 Å². The number of hydrogen-bond acceptors (Lipinski definition) is 8. The Kier molecular flexibility index (Phi) is 12.7. The average Bonchev–Trinajstić information content (AvgIpc) is 2.87. The van der Waals surface area contributed by atoms with E-state index in [4.69, 9.17) is 23.3 Å². The van der Waals surface area contributed by atoms with Gasteiger partial charge in [-0.2, -0.15) is 0 Å². The summed E-state index contributed by atoms with van der Waals surface area (Å²) in [6.07, 6.45) is 0.174. The van der Waals surface area contributed by atoms with Gasteiger partial charge in [-0.15, -0.1) is 0 Å². The molecule has 2 aromatic carbocycles. The van der Waals surface area contributed by atoms with Crippen molar-refractivity contribution < 1.29 is 37.4 Å². The van der Waals surface area contributed by atoms with Gasteiger partial charge in [0.1, 0.15) is 12.4 Å². The van der Waals surface area contributed by atoms with Gasteiger partial charge < -0.3 is 23.3 Å². The van der Waals surface area contributed by atoms with Gasteiger partial charge in [-0.05, 0) is 63.8 Å². The van der Waals surface area contributed by atoms with E-state index in [2.05, 4.69) is 0 Å². The molecule has 0 amide bonds. The molecule has 0 saturated carbocycles. The minimum Gasteiger partial charge on any atom is -0.489 e. The van der Waals surface area contributed by atoms with E-state index in [1.165, 1.54) is 0 Å². The highest BCUT2D eigenvalue weighted by molar-refractivity contribution is 7.55. The number of rotatable bonds is 16. The van der Waals surface area contributed by atoms with Gasteiger partial charge in [0.25, 0.3) is 0 Å². The van der Waals surface area contributed by atoms with Gasteiger partial charge >= 0.3 is 19.5 Å². The van der Waals surface area contributed by atoms with Gasteiger partial charge in [0, 0.05) is 0 Å². The van der Waals surface area contributed by atoms with Crippen LogP contribution < -0.4 is 4.74 Å². The molecule has 0 bridgehead atoms. The quantitative estimate of drug-likeness (QED) is 0.209. The first kappa shape index (κ1) is 29.6. The minimum atomic E-state index is -3.88. The van der Waals surface area contributed by atoms with E-state index < -0.39 is 31.1 Å². The molecule has 0 fully saturated rings. The van der Waals surface area contributed by atoms with Crippen LogP contribution in [-0.4, -0.2) is 44.0 Å². The van der Waals surface area contributed by atoms with Crippen LogP contribution >= 0.6 is 7.60 Å². The zero-order valence-electron chi connectivity index (χ0n) is 21.5. The van der Waals surface area contributed by atoms with E-state index in [9.17, 15) is 14.2 Å². The number of benzene rings is 2. The lowest BCUT2D eigenvalue weighted by Crippen LogP contribution is -2.32. The molecular weight excluding hydrogens is 483 g/mol. The molecule has 2 unspecified atom stereocenters. The van der Waals surface area contributed by atoms with Crippen LogP contribution in [0.1, 0.15) is 45.2 Å².